The lowest BCUT2D eigenvalue weighted by molar-refractivity contribution is 0.112. The number of ether oxygens (including phenoxy) is 1. The molecule has 0 saturated heterocycles. The Morgan fingerprint density at radius 3 is 2.92 bits per heavy atom. The number of hydrogen-bond acceptors (Lipinski definition) is 3. The van der Waals surface area contributed by atoms with Crippen LogP contribution in [0.4, 0.5) is 0 Å². The zero-order valence-electron chi connectivity index (χ0n) is 7.27. The van der Waals surface area contributed by atoms with Crippen LogP contribution < -0.4 is 4.74 Å². The van der Waals surface area contributed by atoms with Crippen LogP contribution in [0, 0.1) is 0 Å². The largest absolute Gasteiger partial charge is 0.477 e. The van der Waals surface area contributed by atoms with Crippen LogP contribution >= 0.6 is 0 Å². The van der Waals surface area contributed by atoms with E-state index in [2.05, 4.69) is 11.6 Å². The van der Waals surface area contributed by atoms with Gasteiger partial charge in [-0.2, -0.15) is 0 Å². The molecule has 1 aromatic rings. The highest BCUT2D eigenvalue weighted by molar-refractivity contribution is 5.73. The van der Waals surface area contributed by atoms with Gasteiger partial charge in [0.25, 0.3) is 0 Å². The van der Waals surface area contributed by atoms with E-state index in [9.17, 15) is 4.79 Å². The minimum absolute atomic E-state index is 0.535. The molecule has 13 heavy (non-hydrogen) atoms. The summed E-state index contributed by atoms with van der Waals surface area (Å²) in [6.45, 7) is 4.14. The van der Waals surface area contributed by atoms with Gasteiger partial charge in [0.05, 0.1) is 6.61 Å². The first-order valence-corrected chi connectivity index (χ1v) is 4.01. The van der Waals surface area contributed by atoms with E-state index in [1.807, 2.05) is 0 Å². The fourth-order valence-electron chi connectivity index (χ4n) is 0.794. The highest BCUT2D eigenvalue weighted by Crippen LogP contribution is 2.06. The minimum Gasteiger partial charge on any atom is -0.477 e. The van der Waals surface area contributed by atoms with Gasteiger partial charge in [0.15, 0.2) is 6.29 Å². The summed E-state index contributed by atoms with van der Waals surface area (Å²) >= 11 is 0. The Hall–Kier alpha value is -1.64. The van der Waals surface area contributed by atoms with Crippen molar-refractivity contribution in [3.8, 4) is 5.88 Å². The SMILES string of the molecule is C=CCCOc1ccc(C=O)cn1. The third-order valence-electron chi connectivity index (χ3n) is 1.47. The molecule has 0 radical (unpaired) electrons. The van der Waals surface area contributed by atoms with Crippen molar-refractivity contribution in [1.29, 1.82) is 0 Å². The fraction of sp³-hybridized carbons (Fsp3) is 0.200. The lowest BCUT2D eigenvalue weighted by atomic mass is 10.3. The number of pyridine rings is 1. The average Bonchev–Trinajstić information content (AvgIpc) is 2.19. The first-order valence-electron chi connectivity index (χ1n) is 4.01. The van der Waals surface area contributed by atoms with Crippen molar-refractivity contribution in [2.45, 2.75) is 6.42 Å². The highest BCUT2D eigenvalue weighted by atomic mass is 16.5. The molecule has 0 N–H and O–H groups in total. The molecule has 0 fully saturated rings. The van der Waals surface area contributed by atoms with Crippen molar-refractivity contribution < 1.29 is 9.53 Å². The molecule has 3 heteroatoms. The number of rotatable bonds is 5. The Balaban J connectivity index is 2.48. The quantitative estimate of drug-likeness (QED) is 0.391. The van der Waals surface area contributed by atoms with Crippen molar-refractivity contribution in [1.82, 2.24) is 4.98 Å². The van der Waals surface area contributed by atoms with Gasteiger partial charge in [0.2, 0.25) is 5.88 Å². The highest BCUT2D eigenvalue weighted by Gasteiger charge is 1.94. The summed E-state index contributed by atoms with van der Waals surface area (Å²) in [5.74, 6) is 0.535. The lowest BCUT2D eigenvalue weighted by Crippen LogP contribution is -1.97. The van der Waals surface area contributed by atoms with Gasteiger partial charge in [-0.25, -0.2) is 4.98 Å². The summed E-state index contributed by atoms with van der Waals surface area (Å²) in [5, 5.41) is 0. The van der Waals surface area contributed by atoms with Crippen LogP contribution in [0.25, 0.3) is 0 Å². The molecule has 1 heterocycles. The van der Waals surface area contributed by atoms with E-state index in [1.54, 1.807) is 18.2 Å². The first-order chi connectivity index (χ1) is 6.36. The van der Waals surface area contributed by atoms with E-state index >= 15 is 0 Å². The Morgan fingerprint density at radius 2 is 2.38 bits per heavy atom. The van der Waals surface area contributed by atoms with E-state index in [0.717, 1.165) is 12.7 Å². The minimum atomic E-state index is 0.535. The summed E-state index contributed by atoms with van der Waals surface area (Å²) in [6, 6.07) is 3.34. The number of aromatic nitrogens is 1. The second-order valence-corrected chi connectivity index (χ2v) is 2.47. The van der Waals surface area contributed by atoms with Gasteiger partial charge >= 0.3 is 0 Å². The average molecular weight is 177 g/mol. The molecule has 0 amide bonds. The number of nitrogens with zero attached hydrogens (tertiary/aromatic N) is 1. The van der Waals surface area contributed by atoms with Crippen molar-refractivity contribution >= 4 is 6.29 Å². The number of hydrogen-bond donors (Lipinski definition) is 0. The van der Waals surface area contributed by atoms with Crippen LogP contribution in [-0.2, 0) is 0 Å². The summed E-state index contributed by atoms with van der Waals surface area (Å²) in [7, 11) is 0. The fourth-order valence-corrected chi connectivity index (χ4v) is 0.794. The molecule has 0 atom stereocenters. The molecule has 68 valence electrons. The molecule has 1 rings (SSSR count). The topological polar surface area (TPSA) is 39.2 Å². The van der Waals surface area contributed by atoms with Crippen LogP contribution in [-0.4, -0.2) is 17.9 Å². The predicted molar refractivity (Wildman–Crippen MR) is 49.9 cm³/mol. The first kappa shape index (κ1) is 9.45. The van der Waals surface area contributed by atoms with Gasteiger partial charge in [0, 0.05) is 17.8 Å². The predicted octanol–water partition coefficient (Wildman–Crippen LogP) is 1.85. The van der Waals surface area contributed by atoms with Crippen molar-refractivity contribution in [3.05, 3.63) is 36.5 Å². The lowest BCUT2D eigenvalue weighted by Gasteiger charge is -2.01. The van der Waals surface area contributed by atoms with E-state index in [4.69, 9.17) is 4.74 Å². The summed E-state index contributed by atoms with van der Waals surface area (Å²) < 4.78 is 5.25. The Morgan fingerprint density at radius 1 is 1.54 bits per heavy atom. The van der Waals surface area contributed by atoms with E-state index < -0.39 is 0 Å². The number of carbonyl (C=O) groups is 1. The molecule has 0 aliphatic carbocycles. The van der Waals surface area contributed by atoms with Crippen molar-refractivity contribution in [2.24, 2.45) is 0 Å². The van der Waals surface area contributed by atoms with Gasteiger partial charge < -0.3 is 4.74 Å². The molecule has 0 aliphatic heterocycles. The maximum atomic E-state index is 10.3. The molecule has 3 nitrogen and oxygen atoms in total. The third-order valence-corrected chi connectivity index (χ3v) is 1.47. The Labute approximate surface area is 77.1 Å². The monoisotopic (exact) mass is 177 g/mol. The maximum absolute atomic E-state index is 10.3. The second kappa shape index (κ2) is 5.09. The van der Waals surface area contributed by atoms with E-state index in [1.165, 1.54) is 6.20 Å². The van der Waals surface area contributed by atoms with Gasteiger partial charge in [-0.15, -0.1) is 6.58 Å². The molecule has 0 spiro atoms. The Bertz CT molecular complexity index is 279. The summed E-state index contributed by atoms with van der Waals surface area (Å²) in [6.07, 6.45) is 4.80. The molecule has 0 unspecified atom stereocenters. The number of carbonyl (C=O) groups excluding carboxylic acids is 1. The molecular weight excluding hydrogens is 166 g/mol. The number of aldehydes is 1. The maximum Gasteiger partial charge on any atom is 0.213 e. The second-order valence-electron chi connectivity index (χ2n) is 2.47. The molecule has 0 saturated carbocycles. The van der Waals surface area contributed by atoms with Gasteiger partial charge in [-0.05, 0) is 12.5 Å². The standard InChI is InChI=1S/C10H11NO2/c1-2-3-6-13-10-5-4-9(8-12)7-11-10/h2,4-5,7-8H,1,3,6H2. The summed E-state index contributed by atoms with van der Waals surface area (Å²) in [5.41, 5.74) is 0.552. The van der Waals surface area contributed by atoms with Gasteiger partial charge in [0.1, 0.15) is 0 Å². The summed E-state index contributed by atoms with van der Waals surface area (Å²) in [4.78, 5) is 14.2. The van der Waals surface area contributed by atoms with E-state index in [0.29, 0.717) is 18.1 Å². The zero-order valence-corrected chi connectivity index (χ0v) is 7.27. The molecule has 1 aromatic heterocycles. The molecule has 0 aromatic carbocycles. The van der Waals surface area contributed by atoms with Gasteiger partial charge in [-0.3, -0.25) is 4.79 Å². The van der Waals surface area contributed by atoms with Crippen molar-refractivity contribution in [3.63, 3.8) is 0 Å². The smallest absolute Gasteiger partial charge is 0.213 e. The zero-order chi connectivity index (χ0) is 9.52. The Kier molecular flexibility index (Phi) is 3.70. The van der Waals surface area contributed by atoms with Crippen LogP contribution in [0.15, 0.2) is 31.0 Å². The van der Waals surface area contributed by atoms with Crippen LogP contribution in [0.3, 0.4) is 0 Å². The van der Waals surface area contributed by atoms with Crippen LogP contribution in [0.1, 0.15) is 16.8 Å². The molecule has 0 aliphatic rings. The van der Waals surface area contributed by atoms with Crippen LogP contribution in [0.5, 0.6) is 5.88 Å². The normalized spacial score (nSPS) is 9.23. The van der Waals surface area contributed by atoms with E-state index in [-0.39, 0.29) is 0 Å². The third kappa shape index (κ3) is 3.07. The van der Waals surface area contributed by atoms with Crippen LogP contribution in [0.2, 0.25) is 0 Å². The molecular formula is C10H11NO2. The van der Waals surface area contributed by atoms with Crippen molar-refractivity contribution in [2.75, 3.05) is 6.61 Å². The van der Waals surface area contributed by atoms with Gasteiger partial charge in [-0.1, -0.05) is 6.08 Å². The molecule has 0 bridgehead atoms.